The number of pyridine rings is 1. The minimum Gasteiger partial charge on any atom is -0.504 e. The number of aryl methyl sites for hydroxylation is 1. The zero-order chi connectivity index (χ0) is 20.0. The van der Waals surface area contributed by atoms with Crippen molar-refractivity contribution in [1.29, 1.82) is 0 Å². The van der Waals surface area contributed by atoms with Gasteiger partial charge in [-0.3, -0.25) is 4.79 Å². The van der Waals surface area contributed by atoms with Crippen LogP contribution in [-0.4, -0.2) is 27.9 Å². The lowest BCUT2D eigenvalue weighted by atomic mass is 10.1. The smallest absolute Gasteiger partial charge is 0.341 e. The van der Waals surface area contributed by atoms with E-state index in [0.29, 0.717) is 31.9 Å². The zero-order valence-electron chi connectivity index (χ0n) is 15.2. The first-order valence-electron chi connectivity index (χ1n) is 8.66. The Morgan fingerprint density at radius 3 is 2.61 bits per heavy atom. The standard InChI is InChI=1S/C21H16ClNO4S/c1-3-27-21(26)15-14-10-11(2)8-9-23(14)16-18(25)20(28-19(15)16)17(24)12-4-6-13(22)7-5-12/h4-10,25H,3H2,1-2H3. The molecule has 0 aliphatic heterocycles. The Labute approximate surface area is 169 Å². The fourth-order valence-electron chi connectivity index (χ4n) is 3.20. The average molecular weight is 414 g/mol. The summed E-state index contributed by atoms with van der Waals surface area (Å²) in [5.74, 6) is -0.951. The lowest BCUT2D eigenvalue weighted by Gasteiger charge is -2.04. The van der Waals surface area contributed by atoms with Crippen LogP contribution in [0.25, 0.3) is 15.7 Å². The number of hydrogen-bond acceptors (Lipinski definition) is 5. The molecule has 0 saturated heterocycles. The Balaban J connectivity index is 1.98. The Hall–Kier alpha value is -2.83. The third-order valence-corrected chi connectivity index (χ3v) is 5.92. The second kappa shape index (κ2) is 6.96. The molecule has 0 fully saturated rings. The second-order valence-corrected chi connectivity index (χ2v) is 7.81. The second-order valence-electron chi connectivity index (χ2n) is 6.35. The molecule has 28 heavy (non-hydrogen) atoms. The summed E-state index contributed by atoms with van der Waals surface area (Å²) in [6.45, 7) is 3.89. The Morgan fingerprint density at radius 2 is 1.93 bits per heavy atom. The van der Waals surface area contributed by atoms with Gasteiger partial charge >= 0.3 is 5.97 Å². The number of benzene rings is 1. The topological polar surface area (TPSA) is 68.0 Å². The first-order chi connectivity index (χ1) is 13.4. The van der Waals surface area contributed by atoms with Crippen molar-refractivity contribution in [2.24, 2.45) is 0 Å². The molecule has 0 bridgehead atoms. The van der Waals surface area contributed by atoms with E-state index in [-0.39, 0.29) is 23.0 Å². The number of carbonyl (C=O) groups is 2. The lowest BCUT2D eigenvalue weighted by Crippen LogP contribution is -2.04. The van der Waals surface area contributed by atoms with Gasteiger partial charge in [0, 0.05) is 16.8 Å². The number of fused-ring (bicyclic) bond motifs is 3. The van der Waals surface area contributed by atoms with Gasteiger partial charge in [0.25, 0.3) is 0 Å². The minimum absolute atomic E-state index is 0.144. The summed E-state index contributed by atoms with van der Waals surface area (Å²) >= 11 is 6.98. The molecular weight excluding hydrogens is 398 g/mol. The van der Waals surface area contributed by atoms with E-state index in [2.05, 4.69) is 0 Å². The van der Waals surface area contributed by atoms with Gasteiger partial charge in [0.05, 0.1) is 16.8 Å². The molecule has 0 aliphatic rings. The fraction of sp³-hybridized carbons (Fsp3) is 0.143. The van der Waals surface area contributed by atoms with Crippen molar-refractivity contribution in [3.8, 4) is 5.75 Å². The van der Waals surface area contributed by atoms with E-state index in [9.17, 15) is 14.7 Å². The summed E-state index contributed by atoms with van der Waals surface area (Å²) in [6.07, 6.45) is 1.78. The maximum atomic E-state index is 12.9. The maximum absolute atomic E-state index is 12.9. The number of esters is 1. The molecule has 142 valence electrons. The molecule has 0 radical (unpaired) electrons. The number of halogens is 1. The third-order valence-electron chi connectivity index (χ3n) is 4.49. The van der Waals surface area contributed by atoms with Crippen molar-refractivity contribution in [3.63, 3.8) is 0 Å². The molecule has 4 rings (SSSR count). The van der Waals surface area contributed by atoms with Crippen LogP contribution in [0.1, 0.15) is 38.1 Å². The van der Waals surface area contributed by atoms with Gasteiger partial charge in [-0.2, -0.15) is 0 Å². The van der Waals surface area contributed by atoms with Crippen molar-refractivity contribution in [1.82, 2.24) is 4.40 Å². The number of nitrogens with zero attached hydrogens (tertiary/aromatic N) is 1. The minimum atomic E-state index is -0.479. The van der Waals surface area contributed by atoms with Gasteiger partial charge in [0.2, 0.25) is 5.78 Å². The molecule has 0 amide bonds. The number of aromatic nitrogens is 1. The van der Waals surface area contributed by atoms with Gasteiger partial charge in [-0.1, -0.05) is 11.6 Å². The first-order valence-corrected chi connectivity index (χ1v) is 9.85. The summed E-state index contributed by atoms with van der Waals surface area (Å²) < 4.78 is 7.47. The predicted molar refractivity (Wildman–Crippen MR) is 110 cm³/mol. The van der Waals surface area contributed by atoms with E-state index < -0.39 is 5.97 Å². The largest absolute Gasteiger partial charge is 0.504 e. The van der Waals surface area contributed by atoms with E-state index in [1.165, 1.54) is 0 Å². The van der Waals surface area contributed by atoms with Crippen LogP contribution < -0.4 is 0 Å². The highest BCUT2D eigenvalue weighted by Gasteiger charge is 2.28. The molecule has 0 unspecified atom stereocenters. The van der Waals surface area contributed by atoms with Crippen LogP contribution in [0.2, 0.25) is 5.02 Å². The zero-order valence-corrected chi connectivity index (χ0v) is 16.7. The summed E-state index contributed by atoms with van der Waals surface area (Å²) in [6, 6.07) is 10.2. The summed E-state index contributed by atoms with van der Waals surface area (Å²) in [5.41, 5.74) is 2.81. The molecule has 0 aliphatic carbocycles. The molecule has 0 saturated carbocycles. The van der Waals surface area contributed by atoms with E-state index in [1.54, 1.807) is 41.8 Å². The normalized spacial score (nSPS) is 11.2. The van der Waals surface area contributed by atoms with E-state index in [1.807, 2.05) is 19.1 Å². The van der Waals surface area contributed by atoms with Gasteiger partial charge in [0.1, 0.15) is 16.0 Å². The van der Waals surface area contributed by atoms with Crippen molar-refractivity contribution < 1.29 is 19.4 Å². The number of hydrogen-bond donors (Lipinski definition) is 1. The fourth-order valence-corrected chi connectivity index (χ4v) is 4.52. The van der Waals surface area contributed by atoms with Gasteiger partial charge in [0.15, 0.2) is 5.75 Å². The van der Waals surface area contributed by atoms with E-state index >= 15 is 0 Å². The Kier molecular flexibility index (Phi) is 4.61. The molecule has 7 heteroatoms. The summed E-state index contributed by atoms with van der Waals surface area (Å²) in [7, 11) is 0. The van der Waals surface area contributed by atoms with Crippen LogP contribution >= 0.6 is 22.9 Å². The maximum Gasteiger partial charge on any atom is 0.341 e. The first kappa shape index (κ1) is 18.5. The number of rotatable bonds is 4. The molecule has 1 aromatic carbocycles. The quantitative estimate of drug-likeness (QED) is 0.367. The molecule has 4 aromatic rings. The summed E-state index contributed by atoms with van der Waals surface area (Å²) in [4.78, 5) is 25.7. The number of aromatic hydroxyl groups is 1. The van der Waals surface area contributed by atoms with E-state index in [4.69, 9.17) is 16.3 Å². The SMILES string of the molecule is CCOC(=O)c1c2sc(C(=O)c3ccc(Cl)cc3)c(O)c2n2ccc(C)cc12. The number of ketones is 1. The van der Waals surface area contributed by atoms with Gasteiger partial charge in [-0.05, 0) is 55.8 Å². The van der Waals surface area contributed by atoms with Crippen molar-refractivity contribution in [2.45, 2.75) is 13.8 Å². The number of thiophene rings is 1. The highest BCUT2D eigenvalue weighted by atomic mass is 35.5. The Morgan fingerprint density at radius 1 is 1.21 bits per heavy atom. The van der Waals surface area contributed by atoms with Crippen molar-refractivity contribution in [2.75, 3.05) is 6.61 Å². The molecule has 0 spiro atoms. The Bertz CT molecular complexity index is 1240. The van der Waals surface area contributed by atoms with Gasteiger partial charge < -0.3 is 14.2 Å². The molecule has 3 heterocycles. The van der Waals surface area contributed by atoms with Crippen LogP contribution in [0.5, 0.6) is 5.75 Å². The van der Waals surface area contributed by atoms with Crippen LogP contribution in [0.4, 0.5) is 0 Å². The lowest BCUT2D eigenvalue weighted by molar-refractivity contribution is 0.0531. The van der Waals surface area contributed by atoms with Crippen molar-refractivity contribution >= 4 is 50.4 Å². The molecular formula is C21H16ClNO4S. The van der Waals surface area contributed by atoms with Gasteiger partial charge in [-0.25, -0.2) is 4.79 Å². The molecule has 1 N–H and O–H groups in total. The van der Waals surface area contributed by atoms with Crippen LogP contribution in [0.15, 0.2) is 42.6 Å². The van der Waals surface area contributed by atoms with E-state index in [0.717, 1.165) is 16.9 Å². The number of ether oxygens (including phenoxy) is 1. The van der Waals surface area contributed by atoms with Crippen LogP contribution in [-0.2, 0) is 4.74 Å². The summed E-state index contributed by atoms with van der Waals surface area (Å²) in [5, 5.41) is 11.4. The molecule has 3 aromatic heterocycles. The molecule has 5 nitrogen and oxygen atoms in total. The highest BCUT2D eigenvalue weighted by Crippen LogP contribution is 2.43. The average Bonchev–Trinajstić information content (AvgIpc) is 3.16. The predicted octanol–water partition coefficient (Wildman–Crippen LogP) is 5.23. The molecule has 0 atom stereocenters. The van der Waals surface area contributed by atoms with Crippen LogP contribution in [0, 0.1) is 6.92 Å². The van der Waals surface area contributed by atoms with Gasteiger partial charge in [-0.15, -0.1) is 11.3 Å². The highest BCUT2D eigenvalue weighted by molar-refractivity contribution is 7.22. The van der Waals surface area contributed by atoms with Crippen molar-refractivity contribution in [3.05, 3.63) is 69.2 Å². The third kappa shape index (κ3) is 2.85. The monoisotopic (exact) mass is 413 g/mol. The number of carbonyl (C=O) groups excluding carboxylic acids is 2. The van der Waals surface area contributed by atoms with Crippen LogP contribution in [0.3, 0.4) is 0 Å².